The van der Waals surface area contributed by atoms with Crippen LogP contribution in [0.2, 0.25) is 0 Å². The fraction of sp³-hybridized carbons (Fsp3) is 0.450. The lowest BCUT2D eigenvalue weighted by molar-refractivity contribution is -0.149. The van der Waals surface area contributed by atoms with Gasteiger partial charge in [-0.1, -0.05) is 24.3 Å². The normalized spacial score (nSPS) is 15.9. The fourth-order valence-electron chi connectivity index (χ4n) is 3.40. The van der Waals surface area contributed by atoms with E-state index in [1.54, 1.807) is 7.05 Å². The minimum Gasteiger partial charge on any atom is -0.466 e. The van der Waals surface area contributed by atoms with Crippen LogP contribution in [0, 0.1) is 5.92 Å². The summed E-state index contributed by atoms with van der Waals surface area (Å²) in [6.45, 7) is 4.56. The molecular weight excluding hydrogens is 328 g/mol. The predicted molar refractivity (Wildman–Crippen MR) is 103 cm³/mol. The second-order valence-electron chi connectivity index (χ2n) is 6.41. The van der Waals surface area contributed by atoms with Crippen molar-refractivity contribution in [3.8, 4) is 0 Å². The monoisotopic (exact) mass is 354 g/mol. The molecule has 1 aliphatic heterocycles. The molecular formula is C20H26N4O2. The van der Waals surface area contributed by atoms with E-state index in [1.807, 2.05) is 19.2 Å². The summed E-state index contributed by atoms with van der Waals surface area (Å²) >= 11 is 0. The summed E-state index contributed by atoms with van der Waals surface area (Å²) in [5.41, 5.74) is 2.16. The Morgan fingerprint density at radius 3 is 2.81 bits per heavy atom. The van der Waals surface area contributed by atoms with Crippen LogP contribution in [0.3, 0.4) is 0 Å². The van der Waals surface area contributed by atoms with Gasteiger partial charge in [-0.05, 0) is 31.4 Å². The Morgan fingerprint density at radius 2 is 2.08 bits per heavy atom. The van der Waals surface area contributed by atoms with E-state index in [2.05, 4.69) is 44.5 Å². The Balaban J connectivity index is 1.60. The van der Waals surface area contributed by atoms with Crippen LogP contribution in [0.1, 0.15) is 25.3 Å². The molecule has 1 saturated heterocycles. The number of piperidine rings is 1. The minimum absolute atomic E-state index is 0.00609. The van der Waals surface area contributed by atoms with E-state index in [-0.39, 0.29) is 11.9 Å². The number of nitrogens with one attached hydrogen (secondary N) is 1. The standard InChI is InChI=1S/C20H26N4O2/c1-3-26-19(25)16-9-12-24(13-10-16)20(21-2)23-14-17-7-4-6-15-8-5-11-22-18(15)17/h4-8,11,16H,3,9-10,12-14H2,1-2H3,(H,21,23). The van der Waals surface area contributed by atoms with Gasteiger partial charge in [-0.15, -0.1) is 0 Å². The molecule has 0 atom stereocenters. The maximum atomic E-state index is 11.9. The maximum Gasteiger partial charge on any atom is 0.309 e. The van der Waals surface area contributed by atoms with Crippen LogP contribution in [0.25, 0.3) is 10.9 Å². The van der Waals surface area contributed by atoms with Crippen LogP contribution in [0.15, 0.2) is 41.5 Å². The number of ether oxygens (including phenoxy) is 1. The first-order valence-corrected chi connectivity index (χ1v) is 9.17. The molecule has 138 valence electrons. The largest absolute Gasteiger partial charge is 0.466 e. The summed E-state index contributed by atoms with van der Waals surface area (Å²) in [4.78, 5) is 23.0. The van der Waals surface area contributed by atoms with E-state index in [0.29, 0.717) is 13.2 Å². The van der Waals surface area contributed by atoms with Gasteiger partial charge in [-0.3, -0.25) is 14.8 Å². The van der Waals surface area contributed by atoms with Gasteiger partial charge in [0.25, 0.3) is 0 Å². The number of carbonyl (C=O) groups is 1. The second-order valence-corrected chi connectivity index (χ2v) is 6.41. The molecule has 0 bridgehead atoms. The number of hydrogen-bond donors (Lipinski definition) is 1. The number of likely N-dealkylation sites (tertiary alicyclic amines) is 1. The van der Waals surface area contributed by atoms with Gasteiger partial charge < -0.3 is 15.0 Å². The molecule has 0 aliphatic carbocycles. The molecule has 1 fully saturated rings. The summed E-state index contributed by atoms with van der Waals surface area (Å²) in [7, 11) is 1.79. The third-order valence-corrected chi connectivity index (χ3v) is 4.78. The van der Waals surface area contributed by atoms with Gasteiger partial charge >= 0.3 is 5.97 Å². The molecule has 6 heteroatoms. The third-order valence-electron chi connectivity index (χ3n) is 4.78. The lowest BCUT2D eigenvalue weighted by Crippen LogP contribution is -2.46. The zero-order chi connectivity index (χ0) is 18.4. The summed E-state index contributed by atoms with van der Waals surface area (Å²) in [5, 5.41) is 4.57. The van der Waals surface area contributed by atoms with Crippen molar-refractivity contribution in [1.29, 1.82) is 0 Å². The van der Waals surface area contributed by atoms with E-state index >= 15 is 0 Å². The van der Waals surface area contributed by atoms with E-state index in [1.165, 1.54) is 0 Å². The van der Waals surface area contributed by atoms with Crippen molar-refractivity contribution in [3.05, 3.63) is 42.1 Å². The van der Waals surface area contributed by atoms with E-state index in [9.17, 15) is 4.79 Å². The Hall–Kier alpha value is -2.63. The van der Waals surface area contributed by atoms with Gasteiger partial charge in [0.1, 0.15) is 0 Å². The number of nitrogens with zero attached hydrogens (tertiary/aromatic N) is 3. The lowest BCUT2D eigenvalue weighted by Gasteiger charge is -2.33. The van der Waals surface area contributed by atoms with Crippen LogP contribution in [-0.4, -0.2) is 48.6 Å². The number of pyridine rings is 1. The minimum atomic E-state index is -0.0723. The number of hydrogen-bond acceptors (Lipinski definition) is 4. The van der Waals surface area contributed by atoms with Crippen LogP contribution in [0.4, 0.5) is 0 Å². The third kappa shape index (κ3) is 4.12. The van der Waals surface area contributed by atoms with Crippen LogP contribution in [0.5, 0.6) is 0 Å². The molecule has 0 unspecified atom stereocenters. The Labute approximate surface area is 154 Å². The SMILES string of the molecule is CCOC(=O)C1CCN(C(=NC)NCc2cccc3cccnc23)CC1. The smallest absolute Gasteiger partial charge is 0.309 e. The average molecular weight is 354 g/mol. The quantitative estimate of drug-likeness (QED) is 0.519. The summed E-state index contributed by atoms with van der Waals surface area (Å²) in [5.74, 6) is 0.795. The van der Waals surface area contributed by atoms with Gasteiger partial charge in [0.15, 0.2) is 5.96 Å². The van der Waals surface area contributed by atoms with Gasteiger partial charge in [-0.2, -0.15) is 0 Å². The van der Waals surface area contributed by atoms with Crippen molar-refractivity contribution >= 4 is 22.8 Å². The zero-order valence-corrected chi connectivity index (χ0v) is 15.4. The number of esters is 1. The summed E-state index contributed by atoms with van der Waals surface area (Å²) in [6.07, 6.45) is 3.42. The molecule has 1 aliphatic rings. The number of benzene rings is 1. The first kappa shape index (κ1) is 18.2. The Bertz CT molecular complexity index is 777. The summed E-state index contributed by atoms with van der Waals surface area (Å²) in [6, 6.07) is 10.2. The zero-order valence-electron chi connectivity index (χ0n) is 15.4. The van der Waals surface area contributed by atoms with Crippen molar-refractivity contribution in [2.75, 3.05) is 26.7 Å². The first-order chi connectivity index (χ1) is 12.7. The maximum absolute atomic E-state index is 11.9. The van der Waals surface area contributed by atoms with Crippen LogP contribution < -0.4 is 5.32 Å². The Morgan fingerprint density at radius 1 is 1.31 bits per heavy atom. The number of guanidine groups is 1. The number of rotatable bonds is 4. The van der Waals surface area contributed by atoms with Crippen molar-refractivity contribution < 1.29 is 9.53 Å². The molecule has 0 spiro atoms. The van der Waals surface area contributed by atoms with Gasteiger partial charge in [0.2, 0.25) is 0 Å². The number of para-hydroxylation sites is 1. The number of aliphatic imine (C=N–C) groups is 1. The molecule has 3 rings (SSSR count). The van der Waals surface area contributed by atoms with Gasteiger partial charge in [0, 0.05) is 38.3 Å². The molecule has 26 heavy (non-hydrogen) atoms. The van der Waals surface area contributed by atoms with Crippen molar-refractivity contribution in [3.63, 3.8) is 0 Å². The number of fused-ring (bicyclic) bond motifs is 1. The highest BCUT2D eigenvalue weighted by Crippen LogP contribution is 2.19. The molecule has 2 heterocycles. The molecule has 2 aromatic rings. The highest BCUT2D eigenvalue weighted by molar-refractivity contribution is 5.83. The van der Waals surface area contributed by atoms with E-state index < -0.39 is 0 Å². The van der Waals surface area contributed by atoms with E-state index in [0.717, 1.165) is 48.4 Å². The van der Waals surface area contributed by atoms with Crippen molar-refractivity contribution in [2.45, 2.75) is 26.3 Å². The van der Waals surface area contributed by atoms with Gasteiger partial charge in [-0.25, -0.2) is 0 Å². The van der Waals surface area contributed by atoms with Crippen LogP contribution >= 0.6 is 0 Å². The molecule has 0 amide bonds. The van der Waals surface area contributed by atoms with Crippen molar-refractivity contribution in [2.24, 2.45) is 10.9 Å². The summed E-state index contributed by atoms with van der Waals surface area (Å²) < 4.78 is 5.14. The topological polar surface area (TPSA) is 66.8 Å². The average Bonchev–Trinajstić information content (AvgIpc) is 2.69. The van der Waals surface area contributed by atoms with Crippen molar-refractivity contribution in [1.82, 2.24) is 15.2 Å². The highest BCUT2D eigenvalue weighted by Gasteiger charge is 2.27. The second kappa shape index (κ2) is 8.65. The van der Waals surface area contributed by atoms with Crippen LogP contribution in [-0.2, 0) is 16.1 Å². The molecule has 1 aromatic carbocycles. The molecule has 1 N–H and O–H groups in total. The lowest BCUT2D eigenvalue weighted by atomic mass is 9.97. The van der Waals surface area contributed by atoms with E-state index in [4.69, 9.17) is 4.74 Å². The number of aromatic nitrogens is 1. The molecule has 1 aromatic heterocycles. The first-order valence-electron chi connectivity index (χ1n) is 9.17. The number of carbonyl (C=O) groups excluding carboxylic acids is 1. The molecule has 0 radical (unpaired) electrons. The predicted octanol–water partition coefficient (Wildman–Crippen LogP) is 2.59. The highest BCUT2D eigenvalue weighted by atomic mass is 16.5. The Kier molecular flexibility index (Phi) is 6.04. The molecule has 0 saturated carbocycles. The fourth-order valence-corrected chi connectivity index (χ4v) is 3.40. The molecule has 6 nitrogen and oxygen atoms in total. The van der Waals surface area contributed by atoms with Gasteiger partial charge in [0.05, 0.1) is 18.0 Å².